The first-order chi connectivity index (χ1) is 14.5. The van der Waals surface area contributed by atoms with E-state index < -0.39 is 11.5 Å². The van der Waals surface area contributed by atoms with Gasteiger partial charge >= 0.3 is 0 Å². The van der Waals surface area contributed by atoms with Gasteiger partial charge in [-0.2, -0.15) is 15.4 Å². The molecule has 0 amide bonds. The van der Waals surface area contributed by atoms with Crippen molar-refractivity contribution in [2.75, 3.05) is 0 Å². The number of allylic oxidation sites excluding steroid dienone is 2. The van der Waals surface area contributed by atoms with E-state index in [-0.39, 0.29) is 21.7 Å². The number of H-pyrrole nitrogens is 1. The van der Waals surface area contributed by atoms with Gasteiger partial charge in [-0.1, -0.05) is 99.6 Å². The topological polar surface area (TPSA) is 61.8 Å². The zero-order valence-corrected chi connectivity index (χ0v) is 21.8. The standard InChI is InChI=1S/C28H43N3O/c1-24(2,3)17-26(7,8)19-14-15-22(32)28(16-19,27(9,10)18-25(4,5)6)20-12-11-13-21-23(20)30-31-29-21/h11-16,22,32H,17-18H2,1-10H3,(H,29,30,31). The fourth-order valence-corrected chi connectivity index (χ4v) is 6.45. The third kappa shape index (κ3) is 4.57. The minimum absolute atomic E-state index is 0.0321. The lowest BCUT2D eigenvalue weighted by atomic mass is 9.52. The Morgan fingerprint density at radius 2 is 1.53 bits per heavy atom. The van der Waals surface area contributed by atoms with E-state index in [0.29, 0.717) is 0 Å². The predicted molar refractivity (Wildman–Crippen MR) is 135 cm³/mol. The van der Waals surface area contributed by atoms with Gasteiger partial charge in [0.05, 0.1) is 11.5 Å². The van der Waals surface area contributed by atoms with E-state index >= 15 is 0 Å². The molecule has 0 bridgehead atoms. The molecule has 0 saturated carbocycles. The Morgan fingerprint density at radius 1 is 0.906 bits per heavy atom. The summed E-state index contributed by atoms with van der Waals surface area (Å²) in [4.78, 5) is 0. The van der Waals surface area contributed by atoms with E-state index in [2.05, 4.69) is 103 Å². The molecule has 0 radical (unpaired) electrons. The quantitative estimate of drug-likeness (QED) is 0.530. The van der Waals surface area contributed by atoms with Crippen molar-refractivity contribution in [2.45, 2.75) is 93.6 Å². The first kappa shape index (κ1) is 24.7. The largest absolute Gasteiger partial charge is 0.388 e. The normalized spacial score (nSPS) is 23.0. The average Bonchev–Trinajstić information content (AvgIpc) is 3.06. The van der Waals surface area contributed by atoms with Crippen molar-refractivity contribution in [1.29, 1.82) is 0 Å². The summed E-state index contributed by atoms with van der Waals surface area (Å²) in [6.45, 7) is 23.0. The van der Waals surface area contributed by atoms with Crippen LogP contribution in [-0.2, 0) is 5.41 Å². The van der Waals surface area contributed by atoms with Crippen LogP contribution in [0.3, 0.4) is 0 Å². The average molecular weight is 438 g/mol. The number of nitrogens with one attached hydrogen (secondary N) is 1. The molecular formula is C28H43N3O. The Labute approximate surface area is 194 Å². The van der Waals surface area contributed by atoms with Crippen LogP contribution in [0.2, 0.25) is 0 Å². The van der Waals surface area contributed by atoms with Gasteiger partial charge in [-0.05, 0) is 51.7 Å². The van der Waals surface area contributed by atoms with Crippen molar-refractivity contribution in [1.82, 2.24) is 15.4 Å². The lowest BCUT2D eigenvalue weighted by Gasteiger charge is -2.52. The van der Waals surface area contributed by atoms with Gasteiger partial charge in [0, 0.05) is 0 Å². The molecule has 1 aliphatic carbocycles. The second-order valence-corrected chi connectivity index (χ2v) is 13.5. The maximum atomic E-state index is 11.7. The first-order valence-corrected chi connectivity index (χ1v) is 11.9. The maximum absolute atomic E-state index is 11.7. The molecule has 1 aromatic carbocycles. The first-order valence-electron chi connectivity index (χ1n) is 11.9. The smallest absolute Gasteiger partial charge is 0.117 e. The number of aromatic amines is 1. The molecule has 176 valence electrons. The summed E-state index contributed by atoms with van der Waals surface area (Å²) in [6.07, 6.45) is 7.86. The molecule has 1 aromatic heterocycles. The molecule has 0 saturated heterocycles. The van der Waals surface area contributed by atoms with Gasteiger partial charge in [0.25, 0.3) is 0 Å². The van der Waals surface area contributed by atoms with Crippen molar-refractivity contribution < 1.29 is 5.11 Å². The van der Waals surface area contributed by atoms with Crippen LogP contribution >= 0.6 is 0 Å². The molecule has 0 spiro atoms. The van der Waals surface area contributed by atoms with E-state index in [1.54, 1.807) is 0 Å². The molecular weight excluding hydrogens is 394 g/mol. The molecule has 1 heterocycles. The third-order valence-electron chi connectivity index (χ3n) is 6.95. The summed E-state index contributed by atoms with van der Waals surface area (Å²) < 4.78 is 0. The molecule has 1 aliphatic rings. The number of hydrogen-bond acceptors (Lipinski definition) is 3. The van der Waals surface area contributed by atoms with Crippen LogP contribution in [0.25, 0.3) is 11.0 Å². The van der Waals surface area contributed by atoms with Crippen LogP contribution in [0.5, 0.6) is 0 Å². The number of aliphatic hydroxyl groups excluding tert-OH is 1. The SMILES string of the molecule is CC(C)(C)CC(C)(C)C1=CC(c2cccc3n[nH]nc23)(C(C)(C)CC(C)(C)C)C(O)C=C1. The summed E-state index contributed by atoms with van der Waals surface area (Å²) in [7, 11) is 0. The Balaban J connectivity index is 2.32. The van der Waals surface area contributed by atoms with E-state index in [0.717, 1.165) is 29.4 Å². The highest BCUT2D eigenvalue weighted by atomic mass is 16.3. The molecule has 3 rings (SSSR count). The molecule has 32 heavy (non-hydrogen) atoms. The Morgan fingerprint density at radius 3 is 2.12 bits per heavy atom. The molecule has 2 aromatic rings. The van der Waals surface area contributed by atoms with Crippen molar-refractivity contribution in [3.8, 4) is 0 Å². The van der Waals surface area contributed by atoms with Crippen molar-refractivity contribution in [3.05, 3.63) is 47.6 Å². The number of nitrogens with zero attached hydrogens (tertiary/aromatic N) is 2. The van der Waals surface area contributed by atoms with Crippen LogP contribution in [0.1, 0.15) is 87.6 Å². The number of para-hydroxylation sites is 1. The van der Waals surface area contributed by atoms with E-state index in [9.17, 15) is 5.11 Å². The summed E-state index contributed by atoms with van der Waals surface area (Å²) in [6, 6.07) is 6.14. The van der Waals surface area contributed by atoms with Gasteiger partial charge in [0.1, 0.15) is 11.0 Å². The molecule has 4 nitrogen and oxygen atoms in total. The summed E-state index contributed by atoms with van der Waals surface area (Å²) in [5, 5.41) is 23.4. The highest BCUT2D eigenvalue weighted by Gasteiger charge is 2.53. The van der Waals surface area contributed by atoms with E-state index in [1.807, 2.05) is 18.2 Å². The molecule has 0 fully saturated rings. The summed E-state index contributed by atoms with van der Waals surface area (Å²) in [5.74, 6) is 0. The molecule has 2 unspecified atom stereocenters. The van der Waals surface area contributed by atoms with E-state index in [1.165, 1.54) is 5.57 Å². The zero-order valence-electron chi connectivity index (χ0n) is 21.8. The predicted octanol–water partition coefficient (Wildman–Crippen LogP) is 6.98. The number of aliphatic hydroxyl groups is 1. The van der Waals surface area contributed by atoms with Crippen LogP contribution in [-0.4, -0.2) is 26.6 Å². The van der Waals surface area contributed by atoms with Crippen LogP contribution in [0, 0.1) is 21.7 Å². The zero-order chi connectivity index (χ0) is 24.2. The molecule has 0 aliphatic heterocycles. The Hall–Kier alpha value is -1.94. The number of benzene rings is 1. The number of hydrogen-bond donors (Lipinski definition) is 2. The van der Waals surface area contributed by atoms with Gasteiger partial charge in [0.15, 0.2) is 0 Å². The second-order valence-electron chi connectivity index (χ2n) is 13.5. The summed E-state index contributed by atoms with van der Waals surface area (Å²) >= 11 is 0. The lowest BCUT2D eigenvalue weighted by molar-refractivity contribution is 0.0331. The molecule has 2 N–H and O–H groups in total. The fraction of sp³-hybridized carbons (Fsp3) is 0.643. The monoisotopic (exact) mass is 437 g/mol. The maximum Gasteiger partial charge on any atom is 0.117 e. The third-order valence-corrected chi connectivity index (χ3v) is 6.95. The number of aromatic nitrogens is 3. The number of rotatable bonds is 5. The van der Waals surface area contributed by atoms with Crippen LogP contribution < -0.4 is 0 Å². The highest BCUT2D eigenvalue weighted by molar-refractivity contribution is 5.80. The highest BCUT2D eigenvalue weighted by Crippen LogP contribution is 2.56. The van der Waals surface area contributed by atoms with Crippen LogP contribution in [0.4, 0.5) is 0 Å². The van der Waals surface area contributed by atoms with Gasteiger partial charge in [-0.15, -0.1) is 0 Å². The van der Waals surface area contributed by atoms with Gasteiger partial charge in [0.2, 0.25) is 0 Å². The van der Waals surface area contributed by atoms with Gasteiger partial charge in [-0.3, -0.25) is 0 Å². The summed E-state index contributed by atoms with van der Waals surface area (Å²) in [5.41, 5.74) is 3.39. The van der Waals surface area contributed by atoms with Gasteiger partial charge < -0.3 is 5.11 Å². The fourth-order valence-electron chi connectivity index (χ4n) is 6.45. The lowest BCUT2D eigenvalue weighted by Crippen LogP contribution is -2.52. The molecule has 2 atom stereocenters. The second kappa shape index (κ2) is 7.83. The Kier molecular flexibility index (Phi) is 6.04. The Bertz CT molecular complexity index is 1030. The van der Waals surface area contributed by atoms with Crippen LogP contribution in [0.15, 0.2) is 42.0 Å². The van der Waals surface area contributed by atoms with Crippen molar-refractivity contribution in [3.63, 3.8) is 0 Å². The van der Waals surface area contributed by atoms with Crippen molar-refractivity contribution >= 4 is 11.0 Å². The number of fused-ring (bicyclic) bond motifs is 1. The van der Waals surface area contributed by atoms with Gasteiger partial charge in [-0.25, -0.2) is 0 Å². The van der Waals surface area contributed by atoms with Crippen molar-refractivity contribution in [2.24, 2.45) is 21.7 Å². The minimum Gasteiger partial charge on any atom is -0.388 e. The minimum atomic E-state index is -0.656. The van der Waals surface area contributed by atoms with E-state index in [4.69, 9.17) is 0 Å². The molecule has 4 heteroatoms.